The van der Waals surface area contributed by atoms with Gasteiger partial charge in [-0.05, 0) is 62.6 Å². The van der Waals surface area contributed by atoms with E-state index in [1.54, 1.807) is 12.1 Å². The molecule has 29 heavy (non-hydrogen) atoms. The second kappa shape index (κ2) is 9.57. The van der Waals surface area contributed by atoms with E-state index >= 15 is 0 Å². The summed E-state index contributed by atoms with van der Waals surface area (Å²) in [7, 11) is 0. The second-order valence-electron chi connectivity index (χ2n) is 7.82. The molecule has 5 nitrogen and oxygen atoms in total. The third-order valence-corrected chi connectivity index (χ3v) is 5.86. The number of hydrogen-bond donors (Lipinski definition) is 1. The number of anilines is 1. The third-order valence-electron chi connectivity index (χ3n) is 5.86. The number of likely N-dealkylation sites (tertiary alicyclic amines) is 1. The largest absolute Gasteiger partial charge is 0.494 e. The van der Waals surface area contributed by atoms with Crippen molar-refractivity contribution in [3.8, 4) is 5.75 Å². The van der Waals surface area contributed by atoms with Crippen molar-refractivity contribution in [3.05, 3.63) is 59.9 Å². The van der Waals surface area contributed by atoms with Crippen LogP contribution in [0.3, 0.4) is 0 Å². The fourth-order valence-corrected chi connectivity index (χ4v) is 4.26. The molecule has 4 rings (SSSR count). The molecule has 156 valence electrons. The summed E-state index contributed by atoms with van der Waals surface area (Å²) in [6.07, 6.45) is 3.93. The Morgan fingerprint density at radius 2 is 1.79 bits per heavy atom. The Bertz CT molecular complexity index is 778. The van der Waals surface area contributed by atoms with Crippen LogP contribution >= 0.6 is 0 Å². The highest BCUT2D eigenvalue weighted by atomic mass is 19.1. The maximum Gasteiger partial charge on any atom is 0.184 e. The highest BCUT2D eigenvalue weighted by Gasteiger charge is 2.32. The summed E-state index contributed by atoms with van der Waals surface area (Å²) in [4.78, 5) is 4.79. The molecule has 1 saturated heterocycles. The lowest BCUT2D eigenvalue weighted by Crippen LogP contribution is -2.55. The highest BCUT2D eigenvalue weighted by molar-refractivity contribution is 5.55. The molecule has 2 aliphatic rings. The third kappa shape index (κ3) is 5.07. The molecule has 2 aromatic carbocycles. The van der Waals surface area contributed by atoms with Gasteiger partial charge >= 0.3 is 0 Å². The first-order chi connectivity index (χ1) is 14.2. The minimum atomic E-state index is -0.356. The number of nitrogens with zero attached hydrogens (tertiary/aromatic N) is 2. The fourth-order valence-electron chi connectivity index (χ4n) is 4.26. The number of rotatable bonds is 7. The van der Waals surface area contributed by atoms with Crippen LogP contribution in [0, 0.1) is 5.82 Å². The van der Waals surface area contributed by atoms with Crippen molar-refractivity contribution in [1.82, 2.24) is 4.90 Å². The van der Waals surface area contributed by atoms with Gasteiger partial charge in [0.15, 0.2) is 6.35 Å². The first-order valence-electron chi connectivity index (χ1n) is 10.5. The van der Waals surface area contributed by atoms with Gasteiger partial charge in [-0.25, -0.2) is 4.39 Å². The minimum Gasteiger partial charge on any atom is -0.494 e. The van der Waals surface area contributed by atoms with Crippen LogP contribution in [0.2, 0.25) is 0 Å². The monoisotopic (exact) mass is 399 g/mol. The molecule has 0 saturated carbocycles. The number of nitrogens with two attached hydrogens (primary N) is 1. The van der Waals surface area contributed by atoms with E-state index in [1.165, 1.54) is 23.4 Å². The van der Waals surface area contributed by atoms with Gasteiger partial charge in [-0.1, -0.05) is 18.2 Å². The van der Waals surface area contributed by atoms with Crippen LogP contribution in [-0.4, -0.2) is 43.5 Å². The van der Waals surface area contributed by atoms with Crippen molar-refractivity contribution in [2.75, 3.05) is 31.1 Å². The zero-order valence-electron chi connectivity index (χ0n) is 16.8. The van der Waals surface area contributed by atoms with Gasteiger partial charge in [0.05, 0.1) is 13.2 Å². The van der Waals surface area contributed by atoms with Crippen LogP contribution in [-0.2, 0) is 11.3 Å². The quantitative estimate of drug-likeness (QED) is 0.719. The summed E-state index contributed by atoms with van der Waals surface area (Å²) in [6.45, 7) is 4.49. The molecule has 2 heterocycles. The van der Waals surface area contributed by atoms with Gasteiger partial charge in [-0.15, -0.1) is 0 Å². The van der Waals surface area contributed by atoms with Gasteiger partial charge in [-0.3, -0.25) is 5.73 Å². The standard InChI is InChI=1S/C23H30FN3O2/c24-19-7-9-21(10-8-19)28-16-4-3-13-26-14-11-20(12-15-26)27-22-6-2-1-5-18(22)17-29-23(27)25/h1-2,5-10,20,23H,3-4,11-17,25H2. The predicted molar refractivity (Wildman–Crippen MR) is 112 cm³/mol. The van der Waals surface area contributed by atoms with Gasteiger partial charge in [0.1, 0.15) is 11.6 Å². The van der Waals surface area contributed by atoms with E-state index in [-0.39, 0.29) is 12.2 Å². The van der Waals surface area contributed by atoms with Gasteiger partial charge in [0.25, 0.3) is 0 Å². The fraction of sp³-hybridized carbons (Fsp3) is 0.478. The van der Waals surface area contributed by atoms with Gasteiger partial charge < -0.3 is 19.3 Å². The summed E-state index contributed by atoms with van der Waals surface area (Å²) in [6, 6.07) is 15.0. The van der Waals surface area contributed by atoms with Gasteiger partial charge in [-0.2, -0.15) is 0 Å². The summed E-state index contributed by atoms with van der Waals surface area (Å²) in [5.74, 6) is 0.494. The molecule has 0 bridgehead atoms. The Labute approximate surface area is 172 Å². The van der Waals surface area contributed by atoms with Crippen molar-refractivity contribution in [1.29, 1.82) is 0 Å². The summed E-state index contributed by atoms with van der Waals surface area (Å²) in [5.41, 5.74) is 8.73. The number of para-hydroxylation sites is 1. The molecular weight excluding hydrogens is 369 g/mol. The molecule has 0 aliphatic carbocycles. The van der Waals surface area contributed by atoms with Gasteiger partial charge in [0.2, 0.25) is 0 Å². The summed E-state index contributed by atoms with van der Waals surface area (Å²) >= 11 is 0. The van der Waals surface area contributed by atoms with Crippen LogP contribution < -0.4 is 15.4 Å². The molecular formula is C23H30FN3O2. The van der Waals surface area contributed by atoms with Crippen LogP contribution in [0.4, 0.5) is 10.1 Å². The van der Waals surface area contributed by atoms with E-state index in [0.717, 1.165) is 51.1 Å². The maximum atomic E-state index is 12.9. The van der Waals surface area contributed by atoms with Crippen molar-refractivity contribution >= 4 is 5.69 Å². The number of piperidine rings is 1. The van der Waals surface area contributed by atoms with E-state index in [2.05, 4.69) is 34.1 Å². The first-order valence-corrected chi connectivity index (χ1v) is 10.5. The van der Waals surface area contributed by atoms with Crippen LogP contribution in [0.1, 0.15) is 31.2 Å². The smallest absolute Gasteiger partial charge is 0.184 e. The van der Waals surface area contributed by atoms with E-state index in [1.807, 2.05) is 0 Å². The maximum absolute atomic E-state index is 12.9. The average Bonchev–Trinajstić information content (AvgIpc) is 2.75. The number of ether oxygens (including phenoxy) is 2. The molecule has 1 fully saturated rings. The number of fused-ring (bicyclic) bond motifs is 1. The molecule has 6 heteroatoms. The Morgan fingerprint density at radius 1 is 1.03 bits per heavy atom. The number of halogens is 1. The van der Waals surface area contributed by atoms with E-state index < -0.39 is 0 Å². The Hall–Kier alpha value is -2.15. The molecule has 0 aromatic heterocycles. The summed E-state index contributed by atoms with van der Waals surface area (Å²) in [5, 5.41) is 0. The Morgan fingerprint density at radius 3 is 2.59 bits per heavy atom. The lowest BCUT2D eigenvalue weighted by atomic mass is 10.00. The average molecular weight is 400 g/mol. The number of hydrogen-bond acceptors (Lipinski definition) is 5. The molecule has 2 aromatic rings. The zero-order valence-corrected chi connectivity index (χ0v) is 16.8. The SMILES string of the molecule is NC1OCc2ccccc2N1C1CCN(CCCCOc2ccc(F)cc2)CC1. The Balaban J connectivity index is 1.19. The molecule has 1 atom stereocenters. The topological polar surface area (TPSA) is 51.0 Å². The van der Waals surface area contributed by atoms with Crippen LogP contribution in [0.15, 0.2) is 48.5 Å². The lowest BCUT2D eigenvalue weighted by molar-refractivity contribution is 0.0210. The van der Waals surface area contributed by atoms with Crippen molar-refractivity contribution in [3.63, 3.8) is 0 Å². The summed E-state index contributed by atoms with van der Waals surface area (Å²) < 4.78 is 24.4. The lowest BCUT2D eigenvalue weighted by Gasteiger charge is -2.45. The van der Waals surface area contributed by atoms with E-state index in [0.29, 0.717) is 19.3 Å². The minimum absolute atomic E-state index is 0.235. The normalized spacial score (nSPS) is 20.5. The molecule has 0 radical (unpaired) electrons. The second-order valence-corrected chi connectivity index (χ2v) is 7.82. The molecule has 1 unspecified atom stereocenters. The van der Waals surface area contributed by atoms with Crippen molar-refractivity contribution in [2.45, 2.75) is 44.7 Å². The number of unbranched alkanes of at least 4 members (excludes halogenated alkanes) is 1. The molecule has 2 aliphatic heterocycles. The van der Waals surface area contributed by atoms with Crippen LogP contribution in [0.5, 0.6) is 5.75 Å². The van der Waals surface area contributed by atoms with Crippen LogP contribution in [0.25, 0.3) is 0 Å². The molecule has 0 amide bonds. The Kier molecular flexibility index (Phi) is 6.64. The zero-order chi connectivity index (χ0) is 20.1. The molecule has 0 spiro atoms. The molecule has 2 N–H and O–H groups in total. The van der Waals surface area contributed by atoms with Crippen molar-refractivity contribution in [2.24, 2.45) is 5.73 Å². The van der Waals surface area contributed by atoms with E-state index in [9.17, 15) is 4.39 Å². The van der Waals surface area contributed by atoms with E-state index in [4.69, 9.17) is 15.2 Å². The van der Waals surface area contributed by atoms with Crippen molar-refractivity contribution < 1.29 is 13.9 Å². The highest BCUT2D eigenvalue weighted by Crippen LogP contribution is 2.32. The number of benzene rings is 2. The first kappa shape index (κ1) is 20.1. The van der Waals surface area contributed by atoms with Gasteiger partial charge in [0, 0.05) is 30.4 Å². The predicted octanol–water partition coefficient (Wildman–Crippen LogP) is 3.73.